The predicted octanol–water partition coefficient (Wildman–Crippen LogP) is 3.48. The number of anilines is 1. The molecule has 4 rings (SSSR count). The summed E-state index contributed by atoms with van der Waals surface area (Å²) in [5.41, 5.74) is 3.10. The summed E-state index contributed by atoms with van der Waals surface area (Å²) in [7, 11) is 0. The fourth-order valence-corrected chi connectivity index (χ4v) is 4.24. The molecule has 0 aliphatic carbocycles. The molecule has 150 valence electrons. The van der Waals surface area contributed by atoms with Crippen molar-refractivity contribution in [1.82, 2.24) is 9.88 Å². The Morgan fingerprint density at radius 2 is 2.24 bits per heavy atom. The van der Waals surface area contributed by atoms with Crippen molar-refractivity contribution in [2.24, 2.45) is 0 Å². The van der Waals surface area contributed by atoms with Crippen LogP contribution in [0.1, 0.15) is 48.8 Å². The van der Waals surface area contributed by atoms with Gasteiger partial charge in [-0.1, -0.05) is 0 Å². The highest BCUT2D eigenvalue weighted by molar-refractivity contribution is 5.99. The smallest absolute Gasteiger partial charge is 0.232 e. The molecule has 2 aliphatic heterocycles. The average Bonchev–Trinajstić information content (AvgIpc) is 3.15. The van der Waals surface area contributed by atoms with Crippen LogP contribution in [0.5, 0.6) is 5.75 Å². The van der Waals surface area contributed by atoms with Crippen LogP contribution in [0.15, 0.2) is 36.7 Å². The Labute approximate surface area is 171 Å². The number of amides is 1. The van der Waals surface area contributed by atoms with Gasteiger partial charge in [0, 0.05) is 30.7 Å². The lowest BCUT2D eigenvalue weighted by molar-refractivity contribution is -0.117. The molecule has 3 heterocycles. The number of nitrogens with zero attached hydrogens (tertiary/aromatic N) is 3. The Morgan fingerprint density at radius 3 is 3.03 bits per heavy atom. The van der Waals surface area contributed by atoms with E-state index in [1.54, 1.807) is 12.3 Å². The van der Waals surface area contributed by atoms with E-state index in [2.05, 4.69) is 28.2 Å². The van der Waals surface area contributed by atoms with E-state index in [4.69, 9.17) is 10.00 Å². The molecule has 1 unspecified atom stereocenters. The topological polar surface area (TPSA) is 78.2 Å². The second-order valence-corrected chi connectivity index (χ2v) is 7.91. The number of ether oxygens (including phenoxy) is 1. The molecule has 1 N–H and O–H groups in total. The highest BCUT2D eigenvalue weighted by Gasteiger charge is 2.28. The number of nitriles is 1. The normalized spacial score (nSPS) is 21.3. The standard InChI is InChI=1S/C23H26N4O2/c1-16-4-2-7-27(16)8-3-9-29-20-5-6-22-18(11-20)12-21(23(28)26-22)19-10-17(13-24)14-25-15-19/h5-6,10-11,14-16,21H,2-4,7-9,12H2,1H3,(H,26,28)/t16-,21?/m1/s1. The first-order chi connectivity index (χ1) is 14.1. The highest BCUT2D eigenvalue weighted by Crippen LogP contribution is 2.33. The van der Waals surface area contributed by atoms with Crippen LogP contribution >= 0.6 is 0 Å². The number of likely N-dealkylation sites (tertiary alicyclic amines) is 1. The number of carbonyl (C=O) groups excluding carboxylic acids is 1. The van der Waals surface area contributed by atoms with Crippen LogP contribution in [0.3, 0.4) is 0 Å². The van der Waals surface area contributed by atoms with Crippen molar-refractivity contribution in [1.29, 1.82) is 5.26 Å². The number of carbonyl (C=O) groups is 1. The minimum atomic E-state index is -0.352. The summed E-state index contributed by atoms with van der Waals surface area (Å²) >= 11 is 0. The lowest BCUT2D eigenvalue weighted by Crippen LogP contribution is -2.29. The van der Waals surface area contributed by atoms with E-state index in [9.17, 15) is 4.79 Å². The van der Waals surface area contributed by atoms with Crippen molar-refractivity contribution >= 4 is 11.6 Å². The average molecular weight is 390 g/mol. The van der Waals surface area contributed by atoms with Crippen LogP contribution in [-0.2, 0) is 11.2 Å². The van der Waals surface area contributed by atoms with Gasteiger partial charge >= 0.3 is 0 Å². The molecule has 1 amide bonds. The number of pyridine rings is 1. The van der Waals surface area contributed by atoms with Crippen LogP contribution < -0.4 is 10.1 Å². The third-order valence-corrected chi connectivity index (χ3v) is 5.91. The van der Waals surface area contributed by atoms with E-state index in [1.165, 1.54) is 25.6 Å². The molecule has 2 atom stereocenters. The first kappa shape index (κ1) is 19.4. The van der Waals surface area contributed by atoms with Gasteiger partial charge in [0.25, 0.3) is 0 Å². The van der Waals surface area contributed by atoms with Gasteiger partial charge in [0.05, 0.1) is 18.1 Å². The lowest BCUT2D eigenvalue weighted by atomic mass is 9.88. The van der Waals surface area contributed by atoms with Crippen LogP contribution in [0, 0.1) is 11.3 Å². The number of fused-ring (bicyclic) bond motifs is 1. The molecule has 6 nitrogen and oxygen atoms in total. The van der Waals surface area contributed by atoms with Gasteiger partial charge in [0.1, 0.15) is 11.8 Å². The van der Waals surface area contributed by atoms with Gasteiger partial charge in [-0.15, -0.1) is 0 Å². The van der Waals surface area contributed by atoms with Gasteiger partial charge < -0.3 is 15.0 Å². The van der Waals surface area contributed by atoms with Crippen LogP contribution in [0.4, 0.5) is 5.69 Å². The van der Waals surface area contributed by atoms with Crippen molar-refractivity contribution in [2.75, 3.05) is 25.0 Å². The Morgan fingerprint density at radius 1 is 1.34 bits per heavy atom. The van der Waals surface area contributed by atoms with E-state index in [0.717, 1.165) is 35.5 Å². The molecular weight excluding hydrogens is 364 g/mol. The molecule has 1 aromatic carbocycles. The number of hydrogen-bond donors (Lipinski definition) is 1. The Bertz CT molecular complexity index is 937. The summed E-state index contributed by atoms with van der Waals surface area (Å²) in [6, 6.07) is 10.3. The number of rotatable bonds is 6. The Balaban J connectivity index is 1.39. The molecule has 1 aromatic heterocycles. The Hall–Kier alpha value is -2.91. The van der Waals surface area contributed by atoms with Crippen molar-refractivity contribution in [3.8, 4) is 11.8 Å². The molecule has 2 aromatic rings. The van der Waals surface area contributed by atoms with Crippen molar-refractivity contribution in [3.63, 3.8) is 0 Å². The van der Waals surface area contributed by atoms with Gasteiger partial charge in [0.15, 0.2) is 0 Å². The third-order valence-electron chi connectivity index (χ3n) is 5.91. The van der Waals surface area contributed by atoms with Crippen molar-refractivity contribution in [3.05, 3.63) is 53.3 Å². The maximum absolute atomic E-state index is 12.5. The van der Waals surface area contributed by atoms with E-state index in [1.807, 2.05) is 18.2 Å². The minimum Gasteiger partial charge on any atom is -0.494 e. The highest BCUT2D eigenvalue weighted by atomic mass is 16.5. The second kappa shape index (κ2) is 8.62. The number of aromatic nitrogens is 1. The van der Waals surface area contributed by atoms with Gasteiger partial charge in [0.2, 0.25) is 5.91 Å². The quantitative estimate of drug-likeness (QED) is 0.764. The zero-order chi connectivity index (χ0) is 20.2. The van der Waals surface area contributed by atoms with Gasteiger partial charge in [-0.3, -0.25) is 9.78 Å². The monoisotopic (exact) mass is 390 g/mol. The second-order valence-electron chi connectivity index (χ2n) is 7.91. The van der Waals surface area contributed by atoms with E-state index in [-0.39, 0.29) is 11.8 Å². The molecule has 0 saturated carbocycles. The Kier molecular flexibility index (Phi) is 5.77. The SMILES string of the molecule is C[C@@H]1CCCN1CCCOc1ccc2c(c1)CC(c1cncc(C#N)c1)C(=O)N2. The summed E-state index contributed by atoms with van der Waals surface area (Å²) in [6.07, 6.45) is 7.34. The molecule has 0 radical (unpaired) electrons. The van der Waals surface area contributed by atoms with Crippen LogP contribution in [-0.4, -0.2) is 41.5 Å². The maximum atomic E-state index is 12.5. The lowest BCUT2D eigenvalue weighted by Gasteiger charge is -2.25. The van der Waals surface area contributed by atoms with Crippen LogP contribution in [0.2, 0.25) is 0 Å². The van der Waals surface area contributed by atoms with Gasteiger partial charge in [-0.05, 0) is 74.5 Å². The fourth-order valence-electron chi connectivity index (χ4n) is 4.24. The summed E-state index contributed by atoms with van der Waals surface area (Å²) in [6.45, 7) is 5.26. The summed E-state index contributed by atoms with van der Waals surface area (Å²) in [5, 5.41) is 12.1. The van der Waals surface area contributed by atoms with Gasteiger partial charge in [-0.25, -0.2) is 0 Å². The minimum absolute atomic E-state index is 0.0669. The molecule has 0 spiro atoms. The molecule has 6 heteroatoms. The molecule has 2 aliphatic rings. The summed E-state index contributed by atoms with van der Waals surface area (Å²) < 4.78 is 5.98. The maximum Gasteiger partial charge on any atom is 0.232 e. The largest absolute Gasteiger partial charge is 0.494 e. The zero-order valence-corrected chi connectivity index (χ0v) is 16.7. The first-order valence-corrected chi connectivity index (χ1v) is 10.3. The number of benzene rings is 1. The van der Waals surface area contributed by atoms with E-state index in [0.29, 0.717) is 24.6 Å². The molecular formula is C23H26N4O2. The molecule has 29 heavy (non-hydrogen) atoms. The van der Waals surface area contributed by atoms with E-state index < -0.39 is 0 Å². The van der Waals surface area contributed by atoms with Crippen molar-refractivity contribution < 1.29 is 9.53 Å². The molecule has 1 saturated heterocycles. The number of nitrogens with one attached hydrogen (secondary N) is 1. The van der Waals surface area contributed by atoms with Crippen LogP contribution in [0.25, 0.3) is 0 Å². The van der Waals surface area contributed by atoms with Gasteiger partial charge in [-0.2, -0.15) is 5.26 Å². The van der Waals surface area contributed by atoms with Crippen molar-refractivity contribution in [2.45, 2.75) is 44.6 Å². The fraction of sp³-hybridized carbons (Fsp3) is 0.435. The first-order valence-electron chi connectivity index (χ1n) is 10.3. The predicted molar refractivity (Wildman–Crippen MR) is 111 cm³/mol. The molecule has 0 bridgehead atoms. The van der Waals surface area contributed by atoms with E-state index >= 15 is 0 Å². The number of hydrogen-bond acceptors (Lipinski definition) is 5. The third kappa shape index (κ3) is 4.41. The molecule has 1 fully saturated rings. The zero-order valence-electron chi connectivity index (χ0n) is 16.7. The summed E-state index contributed by atoms with van der Waals surface area (Å²) in [5.74, 6) is 0.412. The summed E-state index contributed by atoms with van der Waals surface area (Å²) in [4.78, 5) is 19.2.